The van der Waals surface area contributed by atoms with Crippen molar-refractivity contribution in [3.63, 3.8) is 0 Å². The predicted octanol–water partition coefficient (Wildman–Crippen LogP) is 8.69. The summed E-state index contributed by atoms with van der Waals surface area (Å²) in [4.78, 5) is 40.0. The van der Waals surface area contributed by atoms with Crippen LogP contribution in [-0.2, 0) is 4.74 Å². The third-order valence-corrected chi connectivity index (χ3v) is 14.0. The van der Waals surface area contributed by atoms with E-state index >= 15 is 0 Å². The number of carbonyl (C=O) groups is 3. The van der Waals surface area contributed by atoms with Gasteiger partial charge in [0.25, 0.3) is 0 Å². The van der Waals surface area contributed by atoms with Crippen molar-refractivity contribution in [2.45, 2.75) is 32.3 Å². The van der Waals surface area contributed by atoms with E-state index in [-0.39, 0.29) is 23.0 Å². The summed E-state index contributed by atoms with van der Waals surface area (Å²) in [5, 5.41) is 3.33. The number of halogens is 6. The third kappa shape index (κ3) is 9.02. The maximum Gasteiger partial charge on any atom is 0.344 e. The molecule has 0 saturated carbocycles. The van der Waals surface area contributed by atoms with Crippen LogP contribution in [-0.4, -0.2) is 36.6 Å². The van der Waals surface area contributed by atoms with Crippen molar-refractivity contribution in [1.82, 2.24) is 5.32 Å². The number of esters is 3. The van der Waals surface area contributed by atoms with Crippen LogP contribution >= 0.6 is 136 Å². The summed E-state index contributed by atoms with van der Waals surface area (Å²) in [7, 11) is 0. The number of piperidine rings is 1. The first-order valence-corrected chi connectivity index (χ1v) is 19.0. The molecule has 222 valence electrons. The highest BCUT2D eigenvalue weighted by atomic mass is 127. The first kappa shape index (κ1) is 35.3. The van der Waals surface area contributed by atoms with Crippen LogP contribution in [0, 0.1) is 27.3 Å². The molecular formula is C29H23I6NO6. The molecular weight excluding hydrogens is 1220 g/mol. The molecule has 3 aromatic rings. The summed E-state index contributed by atoms with van der Waals surface area (Å²) in [6, 6.07) is 11.7. The Kier molecular flexibility index (Phi) is 12.9. The minimum atomic E-state index is -0.718. The Bertz CT molecular complexity index is 1460. The van der Waals surface area contributed by atoms with Gasteiger partial charge in [0.1, 0.15) is 17.1 Å². The zero-order valence-corrected chi connectivity index (χ0v) is 35.1. The van der Waals surface area contributed by atoms with Crippen LogP contribution in [0.4, 0.5) is 0 Å². The molecule has 0 aromatic heterocycles. The van der Waals surface area contributed by atoms with Gasteiger partial charge in [-0.2, -0.15) is 0 Å². The van der Waals surface area contributed by atoms with Crippen LogP contribution in [0.5, 0.6) is 11.5 Å². The minimum absolute atomic E-state index is 0.0634. The van der Waals surface area contributed by atoms with Gasteiger partial charge in [-0.1, -0.05) is 0 Å². The second kappa shape index (κ2) is 15.3. The van der Waals surface area contributed by atoms with Crippen LogP contribution in [0.25, 0.3) is 0 Å². The highest BCUT2D eigenvalue weighted by Gasteiger charge is 2.35. The van der Waals surface area contributed by atoms with E-state index in [1.807, 2.05) is 26.0 Å². The molecule has 0 amide bonds. The summed E-state index contributed by atoms with van der Waals surface area (Å²) in [6.45, 7) is 5.55. The van der Waals surface area contributed by atoms with Crippen molar-refractivity contribution < 1.29 is 28.6 Å². The smallest absolute Gasteiger partial charge is 0.344 e. The lowest BCUT2D eigenvalue weighted by atomic mass is 9.83. The van der Waals surface area contributed by atoms with Crippen molar-refractivity contribution in [3.8, 4) is 11.5 Å². The molecule has 0 bridgehead atoms. The van der Waals surface area contributed by atoms with E-state index in [0.29, 0.717) is 11.1 Å². The van der Waals surface area contributed by atoms with Crippen molar-refractivity contribution in [2.75, 3.05) is 13.1 Å². The number of nitrogens with one attached hydrogen (secondary N) is 1. The largest absolute Gasteiger partial charge is 0.456 e. The van der Waals surface area contributed by atoms with E-state index in [4.69, 9.17) is 14.2 Å². The quantitative estimate of drug-likeness (QED) is 0.110. The maximum absolute atomic E-state index is 13.5. The molecule has 1 aliphatic heterocycles. The lowest BCUT2D eigenvalue weighted by Crippen LogP contribution is -2.42. The highest BCUT2D eigenvalue weighted by molar-refractivity contribution is 14.1. The van der Waals surface area contributed by atoms with Crippen molar-refractivity contribution >= 4 is 153 Å². The second-order valence-electron chi connectivity index (χ2n) is 9.99. The fraction of sp³-hybridized carbons (Fsp3) is 0.276. The summed E-state index contributed by atoms with van der Waals surface area (Å²) in [5.41, 5.74) is 0.190. The molecule has 1 heterocycles. The van der Waals surface area contributed by atoms with Crippen molar-refractivity contribution in [1.29, 1.82) is 0 Å². The lowest BCUT2D eigenvalue weighted by molar-refractivity contribution is -0.0369. The van der Waals surface area contributed by atoms with Gasteiger partial charge in [-0.3, -0.25) is 0 Å². The Morgan fingerprint density at radius 2 is 1.14 bits per heavy atom. The number of rotatable bonds is 7. The molecule has 4 rings (SSSR count). The number of hydrogen-bond acceptors (Lipinski definition) is 7. The zero-order chi connectivity index (χ0) is 30.8. The van der Waals surface area contributed by atoms with Gasteiger partial charge in [-0.15, -0.1) is 0 Å². The van der Waals surface area contributed by atoms with E-state index < -0.39 is 23.5 Å². The van der Waals surface area contributed by atoms with Gasteiger partial charge in [0, 0.05) is 33.4 Å². The average Bonchev–Trinajstić information content (AvgIpc) is 2.92. The number of ether oxygens (including phenoxy) is 3. The third-order valence-electron chi connectivity index (χ3n) is 6.64. The SMILES string of the molecule is CC(C)(OC(=O)c1cc(OC(=O)c2cc(I)cc(I)c2I)cc(OC(=O)c2cc(I)cc(I)c2I)c1)C1CCNCC1. The number of benzene rings is 3. The summed E-state index contributed by atoms with van der Waals surface area (Å²) in [6.07, 6.45) is 1.78. The molecule has 0 atom stereocenters. The monoisotopic (exact) mass is 1240 g/mol. The molecule has 1 saturated heterocycles. The molecule has 3 aromatic carbocycles. The fourth-order valence-electron chi connectivity index (χ4n) is 4.44. The molecule has 0 spiro atoms. The number of carbonyl (C=O) groups excluding carboxylic acids is 3. The van der Waals surface area contributed by atoms with E-state index in [2.05, 4.69) is 141 Å². The predicted molar refractivity (Wildman–Crippen MR) is 211 cm³/mol. The lowest BCUT2D eigenvalue weighted by Gasteiger charge is -2.36. The Morgan fingerprint density at radius 3 is 1.60 bits per heavy atom. The summed E-state index contributed by atoms with van der Waals surface area (Å²) in [5.74, 6) is -1.45. The normalized spacial score (nSPS) is 13.9. The van der Waals surface area contributed by atoms with Gasteiger partial charge in [0.15, 0.2) is 0 Å². The first-order chi connectivity index (χ1) is 19.7. The Balaban J connectivity index is 1.68. The van der Waals surface area contributed by atoms with Crippen molar-refractivity contribution in [3.05, 3.63) is 80.6 Å². The standard InChI is InChI=1S/C29H23I6NO6/c1-29(2,15-3-5-36-6-4-15)42-26(37)14-7-18(40-27(38)20-9-16(30)11-22(32)24(20)34)13-19(8-14)41-28(39)21-10-17(31)12-23(33)25(21)35/h7-13,15,36H,3-6H2,1-2H3. The molecule has 1 N–H and O–H groups in total. The first-order valence-electron chi connectivity index (χ1n) is 12.6. The highest BCUT2D eigenvalue weighted by Crippen LogP contribution is 2.33. The molecule has 1 fully saturated rings. The van der Waals surface area contributed by atoms with Crippen LogP contribution in [0.2, 0.25) is 0 Å². The van der Waals surface area contributed by atoms with Gasteiger partial charge >= 0.3 is 17.9 Å². The fourth-order valence-corrected chi connectivity index (χ4v) is 9.19. The van der Waals surface area contributed by atoms with Crippen LogP contribution < -0.4 is 14.8 Å². The van der Waals surface area contributed by atoms with Gasteiger partial charge in [0.2, 0.25) is 0 Å². The van der Waals surface area contributed by atoms with Crippen LogP contribution in [0.1, 0.15) is 57.8 Å². The summed E-state index contributed by atoms with van der Waals surface area (Å²) < 4.78 is 22.6. The van der Waals surface area contributed by atoms with E-state index in [1.165, 1.54) is 18.2 Å². The van der Waals surface area contributed by atoms with E-state index in [1.54, 1.807) is 12.1 Å². The minimum Gasteiger partial charge on any atom is -0.456 e. The van der Waals surface area contributed by atoms with Gasteiger partial charge < -0.3 is 19.5 Å². The van der Waals surface area contributed by atoms with Gasteiger partial charge in [0.05, 0.1) is 16.7 Å². The van der Waals surface area contributed by atoms with Gasteiger partial charge in [-0.25, -0.2) is 14.4 Å². The van der Waals surface area contributed by atoms with E-state index in [0.717, 1.165) is 47.4 Å². The number of hydrogen-bond donors (Lipinski definition) is 1. The Morgan fingerprint density at radius 1 is 0.690 bits per heavy atom. The molecule has 42 heavy (non-hydrogen) atoms. The molecule has 1 aliphatic rings. The molecule has 13 heteroatoms. The Labute approximate surface area is 326 Å². The topological polar surface area (TPSA) is 90.9 Å². The average molecular weight is 1240 g/mol. The zero-order valence-electron chi connectivity index (χ0n) is 22.2. The summed E-state index contributed by atoms with van der Waals surface area (Å²) >= 11 is 12.9. The van der Waals surface area contributed by atoms with Crippen LogP contribution in [0.3, 0.4) is 0 Å². The Hall–Kier alpha value is 0.410. The van der Waals surface area contributed by atoms with Crippen LogP contribution in [0.15, 0.2) is 42.5 Å². The molecule has 0 aliphatic carbocycles. The second-order valence-corrected chi connectivity index (χ2v) is 17.0. The van der Waals surface area contributed by atoms with Crippen molar-refractivity contribution in [2.24, 2.45) is 5.92 Å². The molecule has 0 radical (unpaired) electrons. The molecule has 0 unspecified atom stereocenters. The maximum atomic E-state index is 13.5. The van der Waals surface area contributed by atoms with Gasteiger partial charge in [-0.05, 0) is 212 Å². The van der Waals surface area contributed by atoms with E-state index in [9.17, 15) is 14.4 Å². The molecule has 7 nitrogen and oxygen atoms in total.